The molecule has 0 unspecified atom stereocenters. The number of para-hydroxylation sites is 1. The van der Waals surface area contributed by atoms with Gasteiger partial charge in [-0.3, -0.25) is 9.59 Å². The minimum absolute atomic E-state index is 0.0529. The van der Waals surface area contributed by atoms with E-state index in [2.05, 4.69) is 12.2 Å². The number of amides is 2. The van der Waals surface area contributed by atoms with E-state index in [4.69, 9.17) is 4.74 Å². The van der Waals surface area contributed by atoms with E-state index in [9.17, 15) is 9.59 Å². The number of rotatable bonds is 4. The summed E-state index contributed by atoms with van der Waals surface area (Å²) in [6, 6.07) is 7.59. The van der Waals surface area contributed by atoms with Gasteiger partial charge in [-0.05, 0) is 30.9 Å². The van der Waals surface area contributed by atoms with Gasteiger partial charge < -0.3 is 15.0 Å². The van der Waals surface area contributed by atoms with E-state index >= 15 is 0 Å². The number of likely N-dealkylation sites (tertiary alicyclic amines) is 1. The van der Waals surface area contributed by atoms with Crippen molar-refractivity contribution in [2.75, 3.05) is 25.0 Å². The minimum Gasteiger partial charge on any atom is -0.376 e. The summed E-state index contributed by atoms with van der Waals surface area (Å²) in [5.74, 6) is -0.403. The largest absolute Gasteiger partial charge is 0.376 e. The molecule has 2 atom stereocenters. The Morgan fingerprint density at radius 2 is 2.22 bits per heavy atom. The van der Waals surface area contributed by atoms with Gasteiger partial charge in [0.15, 0.2) is 0 Å². The van der Waals surface area contributed by atoms with Crippen LogP contribution in [0.1, 0.15) is 44.1 Å². The van der Waals surface area contributed by atoms with E-state index in [0.29, 0.717) is 6.54 Å². The first-order valence-electron chi connectivity index (χ1n) is 8.48. The molecule has 1 saturated heterocycles. The number of benzene rings is 1. The molecule has 2 amide bonds. The van der Waals surface area contributed by atoms with Gasteiger partial charge in [-0.15, -0.1) is 0 Å². The maximum atomic E-state index is 13.0. The van der Waals surface area contributed by atoms with Crippen molar-refractivity contribution in [3.8, 4) is 0 Å². The molecular formula is C18H24N2O3. The van der Waals surface area contributed by atoms with Crippen LogP contribution in [0.25, 0.3) is 0 Å². The van der Waals surface area contributed by atoms with Crippen molar-refractivity contribution in [1.82, 2.24) is 4.90 Å². The van der Waals surface area contributed by atoms with Crippen LogP contribution in [0.5, 0.6) is 0 Å². The van der Waals surface area contributed by atoms with Crippen molar-refractivity contribution < 1.29 is 14.3 Å². The Kier molecular flexibility index (Phi) is 4.96. The van der Waals surface area contributed by atoms with Crippen LogP contribution >= 0.6 is 0 Å². The minimum atomic E-state index is -0.370. The molecule has 2 aliphatic heterocycles. The number of nitrogens with one attached hydrogen (secondary N) is 1. The summed E-state index contributed by atoms with van der Waals surface area (Å²) in [5, 5.41) is 2.85. The lowest BCUT2D eigenvalue weighted by Crippen LogP contribution is -2.46. The number of carbonyl (C=O) groups excluding carboxylic acids is 2. The summed E-state index contributed by atoms with van der Waals surface area (Å²) < 4.78 is 5.82. The second kappa shape index (κ2) is 7.13. The Morgan fingerprint density at radius 1 is 1.39 bits per heavy atom. The SMILES string of the molecule is CCCO[C@H]1CCCN(C(=O)[C@@H]2CC(=O)Nc3ccccc32)C1. The third-order valence-electron chi connectivity index (χ3n) is 4.55. The fourth-order valence-corrected chi connectivity index (χ4v) is 3.41. The van der Waals surface area contributed by atoms with Crippen LogP contribution in [0.4, 0.5) is 5.69 Å². The summed E-state index contributed by atoms with van der Waals surface area (Å²) in [6.07, 6.45) is 3.31. The van der Waals surface area contributed by atoms with Gasteiger partial charge in [0.2, 0.25) is 11.8 Å². The third-order valence-corrected chi connectivity index (χ3v) is 4.55. The predicted molar refractivity (Wildman–Crippen MR) is 88.3 cm³/mol. The van der Waals surface area contributed by atoms with Crippen molar-refractivity contribution in [3.63, 3.8) is 0 Å². The zero-order valence-corrected chi connectivity index (χ0v) is 13.6. The number of anilines is 1. The molecule has 0 saturated carbocycles. The maximum absolute atomic E-state index is 13.0. The first-order chi connectivity index (χ1) is 11.2. The molecule has 124 valence electrons. The molecule has 2 heterocycles. The van der Waals surface area contributed by atoms with Crippen LogP contribution in [-0.2, 0) is 14.3 Å². The second-order valence-electron chi connectivity index (χ2n) is 6.31. The number of nitrogens with zero attached hydrogens (tertiary/aromatic N) is 1. The Balaban J connectivity index is 1.74. The topological polar surface area (TPSA) is 58.6 Å². The molecule has 1 fully saturated rings. The number of piperidine rings is 1. The molecule has 0 radical (unpaired) electrons. The number of fused-ring (bicyclic) bond motifs is 1. The molecule has 0 aromatic heterocycles. The van der Waals surface area contributed by atoms with Crippen LogP contribution in [0.3, 0.4) is 0 Å². The predicted octanol–water partition coefficient (Wildman–Crippen LogP) is 2.53. The summed E-state index contributed by atoms with van der Waals surface area (Å²) in [5.41, 5.74) is 1.69. The molecule has 0 aliphatic carbocycles. The van der Waals surface area contributed by atoms with Crippen LogP contribution in [-0.4, -0.2) is 42.5 Å². The molecule has 2 aliphatic rings. The van der Waals surface area contributed by atoms with E-state index < -0.39 is 0 Å². The molecule has 5 nitrogen and oxygen atoms in total. The van der Waals surface area contributed by atoms with Gasteiger partial charge in [-0.25, -0.2) is 0 Å². The van der Waals surface area contributed by atoms with Crippen molar-refractivity contribution in [1.29, 1.82) is 0 Å². The molecule has 0 spiro atoms. The summed E-state index contributed by atoms with van der Waals surface area (Å²) >= 11 is 0. The van der Waals surface area contributed by atoms with E-state index in [0.717, 1.165) is 43.7 Å². The zero-order valence-electron chi connectivity index (χ0n) is 13.6. The molecule has 23 heavy (non-hydrogen) atoms. The average molecular weight is 316 g/mol. The van der Waals surface area contributed by atoms with Gasteiger partial charge in [0.05, 0.1) is 12.0 Å². The lowest BCUT2D eigenvalue weighted by molar-refractivity contribution is -0.138. The first kappa shape index (κ1) is 16.0. The Bertz CT molecular complexity index is 587. The molecule has 0 bridgehead atoms. The number of hydrogen-bond acceptors (Lipinski definition) is 3. The lowest BCUT2D eigenvalue weighted by atomic mass is 9.88. The Labute approximate surface area is 137 Å². The quantitative estimate of drug-likeness (QED) is 0.928. The molecule has 1 aromatic rings. The number of hydrogen-bond donors (Lipinski definition) is 1. The van der Waals surface area contributed by atoms with E-state index in [1.54, 1.807) is 0 Å². The second-order valence-corrected chi connectivity index (χ2v) is 6.31. The highest BCUT2D eigenvalue weighted by molar-refractivity contribution is 6.01. The van der Waals surface area contributed by atoms with Crippen LogP contribution in [0.15, 0.2) is 24.3 Å². The van der Waals surface area contributed by atoms with Gasteiger partial charge in [0, 0.05) is 31.8 Å². The summed E-state index contributed by atoms with van der Waals surface area (Å²) in [7, 11) is 0. The third kappa shape index (κ3) is 3.55. The molecule has 5 heteroatoms. The fraction of sp³-hybridized carbons (Fsp3) is 0.556. The van der Waals surface area contributed by atoms with Crippen molar-refractivity contribution in [2.45, 2.75) is 44.6 Å². The van der Waals surface area contributed by atoms with Gasteiger partial charge in [-0.2, -0.15) is 0 Å². The molecule has 1 aromatic carbocycles. The van der Waals surface area contributed by atoms with E-state index in [1.807, 2.05) is 29.2 Å². The molecule has 1 N–H and O–H groups in total. The van der Waals surface area contributed by atoms with Crippen LogP contribution in [0, 0.1) is 0 Å². The monoisotopic (exact) mass is 316 g/mol. The highest BCUT2D eigenvalue weighted by Crippen LogP contribution is 2.34. The Hall–Kier alpha value is -1.88. The summed E-state index contributed by atoms with van der Waals surface area (Å²) in [4.78, 5) is 26.8. The van der Waals surface area contributed by atoms with Gasteiger partial charge >= 0.3 is 0 Å². The molecular weight excluding hydrogens is 292 g/mol. The lowest BCUT2D eigenvalue weighted by Gasteiger charge is -2.36. The average Bonchev–Trinajstić information content (AvgIpc) is 2.58. The molecule has 3 rings (SSSR count). The maximum Gasteiger partial charge on any atom is 0.230 e. The van der Waals surface area contributed by atoms with Crippen LogP contribution < -0.4 is 5.32 Å². The number of carbonyl (C=O) groups is 2. The van der Waals surface area contributed by atoms with Gasteiger partial charge in [-0.1, -0.05) is 25.1 Å². The summed E-state index contributed by atoms with van der Waals surface area (Å²) in [6.45, 7) is 4.22. The van der Waals surface area contributed by atoms with Gasteiger partial charge in [0.25, 0.3) is 0 Å². The normalized spacial score (nSPS) is 24.0. The van der Waals surface area contributed by atoms with Crippen molar-refractivity contribution in [3.05, 3.63) is 29.8 Å². The highest BCUT2D eigenvalue weighted by Gasteiger charge is 2.35. The fourth-order valence-electron chi connectivity index (χ4n) is 3.41. The highest BCUT2D eigenvalue weighted by atomic mass is 16.5. The van der Waals surface area contributed by atoms with Crippen LogP contribution in [0.2, 0.25) is 0 Å². The number of ether oxygens (including phenoxy) is 1. The smallest absolute Gasteiger partial charge is 0.230 e. The van der Waals surface area contributed by atoms with Gasteiger partial charge in [0.1, 0.15) is 0 Å². The standard InChI is InChI=1S/C18H24N2O3/c1-2-10-23-13-6-5-9-20(12-13)18(22)15-11-17(21)19-16-8-4-3-7-14(15)16/h3-4,7-8,13,15H,2,5-6,9-12H2,1H3,(H,19,21)/t13-,15+/m0/s1. The Morgan fingerprint density at radius 3 is 3.04 bits per heavy atom. The zero-order chi connectivity index (χ0) is 16.2. The van der Waals surface area contributed by atoms with Crippen molar-refractivity contribution >= 4 is 17.5 Å². The van der Waals surface area contributed by atoms with E-state index in [-0.39, 0.29) is 30.3 Å². The first-order valence-corrected chi connectivity index (χ1v) is 8.48. The van der Waals surface area contributed by atoms with Crippen molar-refractivity contribution in [2.24, 2.45) is 0 Å². The van der Waals surface area contributed by atoms with E-state index in [1.165, 1.54) is 0 Å².